The number of unbranched alkanes of at least 4 members (excludes halogenated alkanes) is 5. The molecule has 0 bridgehead atoms. The molecule has 5 heteroatoms. The lowest BCUT2D eigenvalue weighted by molar-refractivity contribution is 0.0910. The van der Waals surface area contributed by atoms with E-state index in [2.05, 4.69) is 17.3 Å². The molecule has 1 heterocycles. The zero-order valence-corrected chi connectivity index (χ0v) is 16.9. The van der Waals surface area contributed by atoms with Gasteiger partial charge in [-0.3, -0.25) is 4.79 Å². The molecule has 0 spiro atoms. The Balaban J connectivity index is 1.91. The Bertz CT molecular complexity index is 724. The van der Waals surface area contributed by atoms with Crippen LogP contribution in [0.2, 0.25) is 5.02 Å². The summed E-state index contributed by atoms with van der Waals surface area (Å²) in [5, 5.41) is 8.17. The average Bonchev–Trinajstić information content (AvgIpc) is 2.91. The second kappa shape index (κ2) is 10.4. The Morgan fingerprint density at radius 3 is 2.54 bits per heavy atom. The third kappa shape index (κ3) is 5.60. The number of carbonyl (C=O) groups is 1. The van der Waals surface area contributed by atoms with Gasteiger partial charge in [-0.25, -0.2) is 4.68 Å². The van der Waals surface area contributed by atoms with E-state index in [1.54, 1.807) is 6.07 Å². The van der Waals surface area contributed by atoms with Gasteiger partial charge in [0.1, 0.15) is 0 Å². The Labute approximate surface area is 161 Å². The second-order valence-corrected chi connectivity index (χ2v) is 7.21. The first-order valence-corrected chi connectivity index (χ1v) is 9.99. The number of hydrogen-bond acceptors (Lipinski definition) is 3. The minimum absolute atomic E-state index is 0.0697. The number of nitrogens with one attached hydrogen (secondary N) is 1. The van der Waals surface area contributed by atoms with Crippen LogP contribution in [0.5, 0.6) is 0 Å². The quantitative estimate of drug-likeness (QED) is 0.533. The minimum atomic E-state index is -0.0697. The summed E-state index contributed by atoms with van der Waals surface area (Å²) in [6.45, 7) is 6.38. The molecule has 0 aliphatic carbocycles. The van der Waals surface area contributed by atoms with Crippen LogP contribution in [0.1, 0.15) is 67.2 Å². The highest BCUT2D eigenvalue weighted by Crippen LogP contribution is 2.21. The minimum Gasteiger partial charge on any atom is -0.375 e. The molecule has 0 fully saturated rings. The van der Waals surface area contributed by atoms with E-state index in [0.717, 1.165) is 29.9 Å². The molecule has 0 saturated heterocycles. The largest absolute Gasteiger partial charge is 0.375 e. The molecule has 2 aromatic rings. The van der Waals surface area contributed by atoms with Crippen molar-refractivity contribution in [3.8, 4) is 0 Å². The first-order valence-electron chi connectivity index (χ1n) is 9.61. The summed E-state index contributed by atoms with van der Waals surface area (Å²) in [6, 6.07) is 7.42. The van der Waals surface area contributed by atoms with E-state index in [0.29, 0.717) is 5.02 Å². The Hall–Kier alpha value is -1.81. The second-order valence-electron chi connectivity index (χ2n) is 6.81. The molecule has 0 unspecified atom stereocenters. The number of anilines is 1. The number of halogens is 1. The SMILES string of the molecule is CCCCCCCCc1c(C)nn(C(=O)CNc2ccccc2Cl)c1C. The van der Waals surface area contributed by atoms with Crippen LogP contribution in [0.15, 0.2) is 24.3 Å². The monoisotopic (exact) mass is 375 g/mol. The van der Waals surface area contributed by atoms with Crippen LogP contribution in [0.25, 0.3) is 0 Å². The summed E-state index contributed by atoms with van der Waals surface area (Å²) in [6.07, 6.45) is 8.60. The van der Waals surface area contributed by atoms with Crippen LogP contribution in [-0.4, -0.2) is 22.2 Å². The van der Waals surface area contributed by atoms with Crippen LogP contribution in [0, 0.1) is 13.8 Å². The number of carbonyl (C=O) groups excluding carboxylic acids is 1. The van der Waals surface area contributed by atoms with Crippen molar-refractivity contribution >= 4 is 23.2 Å². The molecular weight excluding hydrogens is 346 g/mol. The van der Waals surface area contributed by atoms with Gasteiger partial charge in [0.25, 0.3) is 5.91 Å². The molecule has 0 amide bonds. The normalized spacial score (nSPS) is 10.9. The van der Waals surface area contributed by atoms with Crippen molar-refractivity contribution < 1.29 is 4.79 Å². The first-order chi connectivity index (χ1) is 12.5. The van der Waals surface area contributed by atoms with E-state index in [-0.39, 0.29) is 12.5 Å². The van der Waals surface area contributed by atoms with Gasteiger partial charge in [0.05, 0.1) is 22.9 Å². The summed E-state index contributed by atoms with van der Waals surface area (Å²) in [5.41, 5.74) is 3.90. The number of nitrogens with zero attached hydrogens (tertiary/aromatic N) is 2. The van der Waals surface area contributed by atoms with Gasteiger partial charge in [-0.2, -0.15) is 5.10 Å². The lowest BCUT2D eigenvalue weighted by Crippen LogP contribution is -2.23. The topological polar surface area (TPSA) is 46.9 Å². The van der Waals surface area contributed by atoms with Gasteiger partial charge < -0.3 is 5.32 Å². The molecule has 4 nitrogen and oxygen atoms in total. The summed E-state index contributed by atoms with van der Waals surface area (Å²) in [5.74, 6) is -0.0697. The summed E-state index contributed by atoms with van der Waals surface area (Å²) >= 11 is 6.12. The summed E-state index contributed by atoms with van der Waals surface area (Å²) in [4.78, 5) is 12.6. The number of aryl methyl sites for hydroxylation is 1. The van der Waals surface area contributed by atoms with E-state index in [1.165, 1.54) is 42.3 Å². The predicted molar refractivity (Wildman–Crippen MR) is 109 cm³/mol. The van der Waals surface area contributed by atoms with Crippen molar-refractivity contribution in [3.63, 3.8) is 0 Å². The molecule has 0 saturated carbocycles. The molecule has 26 heavy (non-hydrogen) atoms. The van der Waals surface area contributed by atoms with Gasteiger partial charge in [-0.15, -0.1) is 0 Å². The lowest BCUT2D eigenvalue weighted by Gasteiger charge is -2.08. The van der Waals surface area contributed by atoms with E-state index >= 15 is 0 Å². The van der Waals surface area contributed by atoms with Gasteiger partial charge in [0.15, 0.2) is 0 Å². The molecular formula is C21H30ClN3O. The fraction of sp³-hybridized carbons (Fsp3) is 0.524. The summed E-state index contributed by atoms with van der Waals surface area (Å²) in [7, 11) is 0. The van der Waals surface area contributed by atoms with E-state index in [1.807, 2.05) is 32.0 Å². The van der Waals surface area contributed by atoms with E-state index in [9.17, 15) is 4.79 Å². The van der Waals surface area contributed by atoms with Gasteiger partial charge in [0.2, 0.25) is 0 Å². The summed E-state index contributed by atoms with van der Waals surface area (Å²) < 4.78 is 1.53. The van der Waals surface area contributed by atoms with Crippen molar-refractivity contribution in [1.82, 2.24) is 9.78 Å². The smallest absolute Gasteiger partial charge is 0.266 e. The standard InChI is InChI=1S/C21H30ClN3O/c1-4-5-6-7-8-9-12-18-16(2)24-25(17(18)3)21(26)15-23-20-14-11-10-13-19(20)22/h10-11,13-14,23H,4-9,12,15H2,1-3H3. The number of aromatic nitrogens is 2. The van der Waals surface area contributed by atoms with Crippen molar-refractivity contribution in [2.24, 2.45) is 0 Å². The number of benzene rings is 1. The first kappa shape index (κ1) is 20.5. The molecule has 2 rings (SSSR count). The zero-order chi connectivity index (χ0) is 18.9. The van der Waals surface area contributed by atoms with Crippen molar-refractivity contribution in [3.05, 3.63) is 46.2 Å². The number of rotatable bonds is 10. The van der Waals surface area contributed by atoms with Crippen molar-refractivity contribution in [2.75, 3.05) is 11.9 Å². The molecule has 0 atom stereocenters. The highest BCUT2D eigenvalue weighted by Gasteiger charge is 2.16. The molecule has 1 N–H and O–H groups in total. The Morgan fingerprint density at radius 1 is 1.12 bits per heavy atom. The van der Waals surface area contributed by atoms with Crippen molar-refractivity contribution in [2.45, 2.75) is 65.7 Å². The molecule has 1 aromatic carbocycles. The lowest BCUT2D eigenvalue weighted by atomic mass is 10.0. The fourth-order valence-corrected chi connectivity index (χ4v) is 3.41. The van der Waals surface area contributed by atoms with Crippen LogP contribution >= 0.6 is 11.6 Å². The third-order valence-corrected chi connectivity index (χ3v) is 5.09. The third-order valence-electron chi connectivity index (χ3n) is 4.76. The fourth-order valence-electron chi connectivity index (χ4n) is 3.21. The van der Waals surface area contributed by atoms with Gasteiger partial charge in [-0.1, -0.05) is 62.8 Å². The zero-order valence-electron chi connectivity index (χ0n) is 16.1. The Morgan fingerprint density at radius 2 is 1.81 bits per heavy atom. The predicted octanol–water partition coefficient (Wildman–Crippen LogP) is 5.81. The highest BCUT2D eigenvalue weighted by molar-refractivity contribution is 6.33. The maximum Gasteiger partial charge on any atom is 0.266 e. The van der Waals surface area contributed by atoms with Crippen LogP contribution < -0.4 is 5.32 Å². The number of para-hydroxylation sites is 1. The molecule has 1 aromatic heterocycles. The molecule has 0 aliphatic heterocycles. The molecule has 0 radical (unpaired) electrons. The maximum absolute atomic E-state index is 12.6. The maximum atomic E-state index is 12.6. The molecule has 142 valence electrons. The van der Waals surface area contributed by atoms with Gasteiger partial charge >= 0.3 is 0 Å². The average molecular weight is 376 g/mol. The van der Waals surface area contributed by atoms with Crippen LogP contribution in [0.3, 0.4) is 0 Å². The molecule has 0 aliphatic rings. The van der Waals surface area contributed by atoms with Crippen LogP contribution in [-0.2, 0) is 6.42 Å². The van der Waals surface area contributed by atoms with E-state index < -0.39 is 0 Å². The highest BCUT2D eigenvalue weighted by atomic mass is 35.5. The van der Waals surface area contributed by atoms with Crippen molar-refractivity contribution in [1.29, 1.82) is 0 Å². The van der Waals surface area contributed by atoms with Gasteiger partial charge in [0, 0.05) is 5.69 Å². The van der Waals surface area contributed by atoms with Crippen LogP contribution in [0.4, 0.5) is 5.69 Å². The number of hydrogen-bond donors (Lipinski definition) is 1. The van der Waals surface area contributed by atoms with E-state index in [4.69, 9.17) is 11.6 Å². The Kier molecular flexibility index (Phi) is 8.17. The van der Waals surface area contributed by atoms with Gasteiger partial charge in [-0.05, 0) is 44.4 Å².